The lowest BCUT2D eigenvalue weighted by molar-refractivity contribution is -0.123. The third kappa shape index (κ3) is 5.75. The van der Waals surface area contributed by atoms with Gasteiger partial charge in [-0.15, -0.1) is 0 Å². The van der Waals surface area contributed by atoms with Gasteiger partial charge in [0.25, 0.3) is 5.91 Å². The Labute approximate surface area is 114 Å². The van der Waals surface area contributed by atoms with Crippen molar-refractivity contribution in [3.63, 3.8) is 0 Å². The second-order valence-electron chi connectivity index (χ2n) is 4.88. The van der Waals surface area contributed by atoms with E-state index in [1.807, 2.05) is 31.2 Å². The molecule has 0 bridgehead atoms. The molecule has 1 unspecified atom stereocenters. The van der Waals surface area contributed by atoms with Gasteiger partial charge in [-0.1, -0.05) is 32.9 Å². The van der Waals surface area contributed by atoms with Gasteiger partial charge in [-0.05, 0) is 30.0 Å². The van der Waals surface area contributed by atoms with Crippen LogP contribution in [0.2, 0.25) is 0 Å². The number of rotatable bonds is 7. The van der Waals surface area contributed by atoms with E-state index in [0.717, 1.165) is 0 Å². The molecule has 1 rings (SSSR count). The average molecular weight is 265 g/mol. The first kappa shape index (κ1) is 15.5. The van der Waals surface area contributed by atoms with E-state index in [9.17, 15) is 9.90 Å². The number of aliphatic hydroxyl groups excluding tert-OH is 1. The SMILES string of the molecule is CCC(O)CNC(=O)COc1ccc(C(C)C)cc1. The molecule has 1 amide bonds. The van der Waals surface area contributed by atoms with Crippen molar-refractivity contribution in [1.29, 1.82) is 0 Å². The predicted octanol–water partition coefficient (Wildman–Crippen LogP) is 2.08. The maximum absolute atomic E-state index is 11.5. The van der Waals surface area contributed by atoms with E-state index >= 15 is 0 Å². The lowest BCUT2D eigenvalue weighted by Gasteiger charge is -2.11. The number of amides is 1. The van der Waals surface area contributed by atoms with Crippen LogP contribution in [-0.4, -0.2) is 30.3 Å². The maximum Gasteiger partial charge on any atom is 0.258 e. The van der Waals surface area contributed by atoms with Crippen LogP contribution in [-0.2, 0) is 4.79 Å². The van der Waals surface area contributed by atoms with Crippen molar-refractivity contribution in [3.05, 3.63) is 29.8 Å². The molecule has 0 aliphatic rings. The molecule has 106 valence electrons. The van der Waals surface area contributed by atoms with Crippen LogP contribution in [0.15, 0.2) is 24.3 Å². The van der Waals surface area contributed by atoms with E-state index in [1.54, 1.807) is 0 Å². The van der Waals surface area contributed by atoms with Crippen LogP contribution in [0.1, 0.15) is 38.7 Å². The summed E-state index contributed by atoms with van der Waals surface area (Å²) in [5.74, 6) is 0.934. The molecule has 0 spiro atoms. The van der Waals surface area contributed by atoms with Crippen LogP contribution >= 0.6 is 0 Å². The number of carbonyl (C=O) groups is 1. The smallest absolute Gasteiger partial charge is 0.258 e. The molecule has 1 atom stereocenters. The minimum Gasteiger partial charge on any atom is -0.484 e. The van der Waals surface area contributed by atoms with E-state index in [2.05, 4.69) is 19.2 Å². The van der Waals surface area contributed by atoms with Gasteiger partial charge in [-0.25, -0.2) is 0 Å². The second-order valence-corrected chi connectivity index (χ2v) is 4.88. The van der Waals surface area contributed by atoms with Gasteiger partial charge in [0.15, 0.2) is 6.61 Å². The first-order valence-corrected chi connectivity index (χ1v) is 6.70. The van der Waals surface area contributed by atoms with E-state index in [-0.39, 0.29) is 19.1 Å². The lowest BCUT2D eigenvalue weighted by Crippen LogP contribution is -2.35. The molecule has 4 heteroatoms. The molecule has 0 radical (unpaired) electrons. The number of hydrogen-bond acceptors (Lipinski definition) is 3. The van der Waals surface area contributed by atoms with Crippen LogP contribution in [0, 0.1) is 0 Å². The Bertz CT molecular complexity index is 387. The summed E-state index contributed by atoms with van der Waals surface area (Å²) in [4.78, 5) is 11.5. The van der Waals surface area contributed by atoms with Gasteiger partial charge < -0.3 is 15.2 Å². The highest BCUT2D eigenvalue weighted by molar-refractivity contribution is 5.77. The highest BCUT2D eigenvalue weighted by Crippen LogP contribution is 2.18. The van der Waals surface area contributed by atoms with Gasteiger partial charge in [0, 0.05) is 6.54 Å². The molecule has 1 aromatic carbocycles. The summed E-state index contributed by atoms with van der Waals surface area (Å²) in [6.07, 6.45) is 0.131. The maximum atomic E-state index is 11.5. The van der Waals surface area contributed by atoms with Crippen LogP contribution in [0.5, 0.6) is 5.75 Å². The molecule has 19 heavy (non-hydrogen) atoms. The molecule has 0 heterocycles. The summed E-state index contributed by atoms with van der Waals surface area (Å²) < 4.78 is 5.37. The molecule has 0 fully saturated rings. The lowest BCUT2D eigenvalue weighted by atomic mass is 10.0. The molecule has 0 saturated carbocycles. The average Bonchev–Trinajstić information content (AvgIpc) is 2.42. The van der Waals surface area contributed by atoms with E-state index in [0.29, 0.717) is 18.1 Å². The van der Waals surface area contributed by atoms with Crippen LogP contribution < -0.4 is 10.1 Å². The fourth-order valence-corrected chi connectivity index (χ4v) is 1.52. The van der Waals surface area contributed by atoms with Crippen LogP contribution in [0.3, 0.4) is 0 Å². The van der Waals surface area contributed by atoms with Gasteiger partial charge in [0.2, 0.25) is 0 Å². The summed E-state index contributed by atoms with van der Waals surface area (Å²) in [5, 5.41) is 11.9. The normalized spacial score (nSPS) is 12.3. The zero-order valence-electron chi connectivity index (χ0n) is 11.8. The number of carbonyl (C=O) groups excluding carboxylic acids is 1. The van der Waals surface area contributed by atoms with Crippen molar-refractivity contribution in [2.24, 2.45) is 0 Å². The van der Waals surface area contributed by atoms with Crippen molar-refractivity contribution in [2.75, 3.05) is 13.2 Å². The molecule has 4 nitrogen and oxygen atoms in total. The summed E-state index contributed by atoms with van der Waals surface area (Å²) in [5.41, 5.74) is 1.24. The third-order valence-electron chi connectivity index (χ3n) is 2.92. The molecular weight excluding hydrogens is 242 g/mol. The summed E-state index contributed by atoms with van der Waals surface area (Å²) in [6.45, 7) is 6.36. The molecule has 2 N–H and O–H groups in total. The highest BCUT2D eigenvalue weighted by atomic mass is 16.5. The number of aliphatic hydroxyl groups is 1. The molecule has 0 aromatic heterocycles. The summed E-state index contributed by atoms with van der Waals surface area (Å²) in [6, 6.07) is 7.73. The third-order valence-corrected chi connectivity index (χ3v) is 2.92. The summed E-state index contributed by atoms with van der Waals surface area (Å²) >= 11 is 0. The Hall–Kier alpha value is -1.55. The van der Waals surface area contributed by atoms with Gasteiger partial charge in [-0.3, -0.25) is 4.79 Å². The number of benzene rings is 1. The Morgan fingerprint density at radius 1 is 1.32 bits per heavy atom. The largest absolute Gasteiger partial charge is 0.484 e. The van der Waals surface area contributed by atoms with E-state index in [1.165, 1.54) is 5.56 Å². The zero-order valence-corrected chi connectivity index (χ0v) is 11.8. The highest BCUT2D eigenvalue weighted by Gasteiger charge is 2.06. The molecule has 0 aliphatic heterocycles. The van der Waals surface area contributed by atoms with E-state index < -0.39 is 6.10 Å². The fraction of sp³-hybridized carbons (Fsp3) is 0.533. The van der Waals surface area contributed by atoms with Crippen LogP contribution in [0.4, 0.5) is 0 Å². The van der Waals surface area contributed by atoms with Crippen molar-refractivity contribution in [2.45, 2.75) is 39.2 Å². The first-order chi connectivity index (χ1) is 9.02. The van der Waals surface area contributed by atoms with Gasteiger partial charge in [0.1, 0.15) is 5.75 Å². The molecule has 0 saturated heterocycles. The summed E-state index contributed by atoms with van der Waals surface area (Å²) in [7, 11) is 0. The van der Waals surface area contributed by atoms with Crippen molar-refractivity contribution in [1.82, 2.24) is 5.32 Å². The van der Waals surface area contributed by atoms with Crippen LogP contribution in [0.25, 0.3) is 0 Å². The van der Waals surface area contributed by atoms with Gasteiger partial charge >= 0.3 is 0 Å². The molecule has 0 aliphatic carbocycles. The van der Waals surface area contributed by atoms with Gasteiger partial charge in [-0.2, -0.15) is 0 Å². The molecule has 1 aromatic rings. The standard InChI is InChI=1S/C15H23NO3/c1-4-13(17)9-16-15(18)10-19-14-7-5-12(6-8-14)11(2)3/h5-8,11,13,17H,4,9-10H2,1-3H3,(H,16,18). The second kappa shape index (κ2) is 7.79. The monoisotopic (exact) mass is 265 g/mol. The van der Waals surface area contributed by atoms with Crippen molar-refractivity contribution < 1.29 is 14.6 Å². The topological polar surface area (TPSA) is 58.6 Å². The number of nitrogens with one attached hydrogen (secondary N) is 1. The predicted molar refractivity (Wildman–Crippen MR) is 75.3 cm³/mol. The minimum absolute atomic E-state index is 0.0303. The quantitative estimate of drug-likeness (QED) is 0.793. The molecular formula is C15H23NO3. The fourth-order valence-electron chi connectivity index (χ4n) is 1.52. The van der Waals surface area contributed by atoms with Crippen molar-refractivity contribution >= 4 is 5.91 Å². The number of hydrogen-bond donors (Lipinski definition) is 2. The Balaban J connectivity index is 2.33. The van der Waals surface area contributed by atoms with Gasteiger partial charge in [0.05, 0.1) is 6.10 Å². The first-order valence-electron chi connectivity index (χ1n) is 6.70. The van der Waals surface area contributed by atoms with Crippen molar-refractivity contribution in [3.8, 4) is 5.75 Å². The minimum atomic E-state index is -0.491. The Morgan fingerprint density at radius 2 is 1.95 bits per heavy atom. The number of ether oxygens (including phenoxy) is 1. The zero-order chi connectivity index (χ0) is 14.3. The Kier molecular flexibility index (Phi) is 6.36. The van der Waals surface area contributed by atoms with E-state index in [4.69, 9.17) is 4.74 Å². The Morgan fingerprint density at radius 3 is 2.47 bits per heavy atom.